The summed E-state index contributed by atoms with van der Waals surface area (Å²) in [5.74, 6) is 1.94. The minimum Gasteiger partial charge on any atom is -0.497 e. The monoisotopic (exact) mass is 445 g/mol. The Morgan fingerprint density at radius 2 is 1.94 bits per heavy atom. The molecule has 2 aromatic heterocycles. The van der Waals surface area contributed by atoms with Crippen molar-refractivity contribution < 1.29 is 9.53 Å². The summed E-state index contributed by atoms with van der Waals surface area (Å²) >= 11 is 1.68. The summed E-state index contributed by atoms with van der Waals surface area (Å²) in [5.41, 5.74) is 1.88. The molecule has 1 aliphatic rings. The molecule has 0 saturated heterocycles. The van der Waals surface area contributed by atoms with Crippen LogP contribution < -0.4 is 10.1 Å². The van der Waals surface area contributed by atoms with Crippen LogP contribution in [0.2, 0.25) is 0 Å². The van der Waals surface area contributed by atoms with Crippen LogP contribution in [0.15, 0.2) is 60.7 Å². The number of hydrogen-bond donors (Lipinski definition) is 2. The van der Waals surface area contributed by atoms with Crippen molar-refractivity contribution in [3.8, 4) is 17.1 Å². The highest BCUT2D eigenvalue weighted by Gasteiger charge is 2.32. The number of allylic oxidation sites excluding steroid dienone is 2. The van der Waals surface area contributed by atoms with Gasteiger partial charge in [-0.05, 0) is 49.2 Å². The van der Waals surface area contributed by atoms with E-state index < -0.39 is 0 Å². The van der Waals surface area contributed by atoms with E-state index in [1.54, 1.807) is 18.4 Å². The maximum atomic E-state index is 13.1. The Bertz CT molecular complexity index is 1230. The van der Waals surface area contributed by atoms with Gasteiger partial charge in [0.1, 0.15) is 11.6 Å². The fraction of sp³-hybridized carbons (Fsp3) is 0.250. The number of carbonyl (C=O) groups excluding carboxylic acids is 1. The minimum absolute atomic E-state index is 0.0148. The van der Waals surface area contributed by atoms with Crippen LogP contribution in [0.25, 0.3) is 21.6 Å². The highest BCUT2D eigenvalue weighted by molar-refractivity contribution is 7.18. The van der Waals surface area contributed by atoms with Crippen LogP contribution in [0.1, 0.15) is 29.6 Å². The molecule has 1 aliphatic carbocycles. The summed E-state index contributed by atoms with van der Waals surface area (Å²) in [4.78, 5) is 22.4. The van der Waals surface area contributed by atoms with E-state index in [0.29, 0.717) is 24.6 Å². The number of fused-ring (bicyclic) bond motifs is 1. The highest BCUT2D eigenvalue weighted by atomic mass is 32.1. The predicted octanol–water partition coefficient (Wildman–Crippen LogP) is 4.46. The first-order valence-electron chi connectivity index (χ1n) is 10.5. The van der Waals surface area contributed by atoms with Crippen molar-refractivity contribution in [2.24, 2.45) is 5.92 Å². The van der Waals surface area contributed by atoms with Crippen molar-refractivity contribution in [2.45, 2.75) is 25.3 Å². The van der Waals surface area contributed by atoms with Crippen LogP contribution in [0.3, 0.4) is 0 Å². The predicted molar refractivity (Wildman–Crippen MR) is 124 cm³/mol. The lowest BCUT2D eigenvalue weighted by molar-refractivity contribution is -0.126. The van der Waals surface area contributed by atoms with Crippen molar-refractivity contribution in [1.29, 1.82) is 0 Å². The summed E-state index contributed by atoms with van der Waals surface area (Å²) in [6.45, 7) is 0.300. The van der Waals surface area contributed by atoms with E-state index in [1.165, 1.54) is 0 Å². The molecule has 2 heterocycles. The molecule has 0 saturated carbocycles. The van der Waals surface area contributed by atoms with Crippen molar-refractivity contribution >= 4 is 27.5 Å². The standard InChI is InChI=1S/C24H23N5O2S/c1-31-16-12-10-15(11-13-16)22-27-21(28-29-22)14-25-23(30)17-6-2-3-7-18(17)24-26-19-8-4-5-9-20(19)32-24/h2-5,8-13,17-18H,6-7,14H2,1H3,(H,25,30)(H,27,28,29). The SMILES string of the molecule is COc1ccc(-c2n[nH]c(CNC(=O)C3CC=CCC3c3nc4ccccc4s3)n2)cc1. The number of amides is 1. The van der Waals surface area contributed by atoms with Gasteiger partial charge in [0.15, 0.2) is 5.82 Å². The average Bonchev–Trinajstić information content (AvgIpc) is 3.50. The fourth-order valence-corrected chi connectivity index (χ4v) is 5.12. The van der Waals surface area contributed by atoms with Crippen LogP contribution in [-0.2, 0) is 11.3 Å². The first-order chi connectivity index (χ1) is 15.7. The topological polar surface area (TPSA) is 92.8 Å². The second-order valence-electron chi connectivity index (χ2n) is 7.73. The molecule has 0 radical (unpaired) electrons. The third kappa shape index (κ3) is 4.13. The van der Waals surface area contributed by atoms with E-state index in [2.05, 4.69) is 38.7 Å². The number of methoxy groups -OCH3 is 1. The van der Waals surface area contributed by atoms with Gasteiger partial charge < -0.3 is 10.1 Å². The van der Waals surface area contributed by atoms with Crippen LogP contribution in [0.5, 0.6) is 5.75 Å². The molecule has 0 bridgehead atoms. The molecule has 2 atom stereocenters. The molecule has 0 spiro atoms. The Morgan fingerprint density at radius 1 is 1.12 bits per heavy atom. The number of rotatable bonds is 6. The van der Waals surface area contributed by atoms with Crippen molar-refractivity contribution in [1.82, 2.24) is 25.5 Å². The van der Waals surface area contributed by atoms with Gasteiger partial charge in [0.2, 0.25) is 5.91 Å². The van der Waals surface area contributed by atoms with E-state index in [9.17, 15) is 4.79 Å². The van der Waals surface area contributed by atoms with Crippen LogP contribution in [-0.4, -0.2) is 33.2 Å². The van der Waals surface area contributed by atoms with Crippen LogP contribution in [0.4, 0.5) is 0 Å². The molecule has 2 N–H and O–H groups in total. The maximum Gasteiger partial charge on any atom is 0.224 e. The minimum atomic E-state index is -0.149. The quantitative estimate of drug-likeness (QED) is 0.428. The second kappa shape index (κ2) is 8.92. The zero-order valence-electron chi connectivity index (χ0n) is 17.6. The molecular formula is C24H23N5O2S. The van der Waals surface area contributed by atoms with Gasteiger partial charge >= 0.3 is 0 Å². The number of nitrogens with one attached hydrogen (secondary N) is 2. The third-order valence-corrected chi connectivity index (χ3v) is 6.88. The lowest BCUT2D eigenvalue weighted by Crippen LogP contribution is -2.34. The Balaban J connectivity index is 1.26. The number of hydrogen-bond acceptors (Lipinski definition) is 6. The molecule has 2 unspecified atom stereocenters. The molecule has 162 valence electrons. The number of H-pyrrole nitrogens is 1. The summed E-state index contributed by atoms with van der Waals surface area (Å²) < 4.78 is 6.34. The van der Waals surface area contributed by atoms with E-state index in [-0.39, 0.29) is 17.7 Å². The Hall–Kier alpha value is -3.52. The molecule has 8 heteroatoms. The van der Waals surface area contributed by atoms with Gasteiger partial charge in [-0.2, -0.15) is 5.10 Å². The van der Waals surface area contributed by atoms with Crippen molar-refractivity contribution in [3.63, 3.8) is 0 Å². The Labute approximate surface area is 189 Å². The number of thiazole rings is 1. The summed E-state index contributed by atoms with van der Waals surface area (Å²) in [6, 6.07) is 15.7. The third-order valence-electron chi connectivity index (χ3n) is 5.71. The molecule has 2 aromatic carbocycles. The van der Waals surface area contributed by atoms with Gasteiger partial charge in [-0.25, -0.2) is 9.97 Å². The van der Waals surface area contributed by atoms with Gasteiger partial charge in [0.25, 0.3) is 0 Å². The number of carbonyl (C=O) groups is 1. The molecule has 4 aromatic rings. The van der Waals surface area contributed by atoms with Gasteiger partial charge in [-0.1, -0.05) is 24.3 Å². The summed E-state index contributed by atoms with van der Waals surface area (Å²) in [5, 5.41) is 11.3. The summed E-state index contributed by atoms with van der Waals surface area (Å²) in [6.07, 6.45) is 5.77. The Morgan fingerprint density at radius 3 is 2.75 bits per heavy atom. The van der Waals surface area contributed by atoms with Gasteiger partial charge in [-0.3, -0.25) is 9.89 Å². The molecule has 7 nitrogen and oxygen atoms in total. The van der Waals surface area contributed by atoms with E-state index in [1.807, 2.05) is 42.5 Å². The average molecular weight is 446 g/mol. The highest BCUT2D eigenvalue weighted by Crippen LogP contribution is 2.38. The molecule has 5 rings (SSSR count). The smallest absolute Gasteiger partial charge is 0.224 e. The molecule has 1 amide bonds. The lowest BCUT2D eigenvalue weighted by Gasteiger charge is -2.25. The number of ether oxygens (including phenoxy) is 1. The molecular weight excluding hydrogens is 422 g/mol. The van der Waals surface area contributed by atoms with Crippen molar-refractivity contribution in [3.05, 3.63) is 71.5 Å². The maximum absolute atomic E-state index is 13.1. The number of aromatic amines is 1. The molecule has 0 aliphatic heterocycles. The second-order valence-corrected chi connectivity index (χ2v) is 8.79. The van der Waals surface area contributed by atoms with E-state index >= 15 is 0 Å². The fourth-order valence-electron chi connectivity index (χ4n) is 3.97. The van der Waals surface area contributed by atoms with Crippen molar-refractivity contribution in [2.75, 3.05) is 7.11 Å². The zero-order valence-corrected chi connectivity index (χ0v) is 18.4. The van der Waals surface area contributed by atoms with Gasteiger partial charge in [-0.15, -0.1) is 11.3 Å². The normalized spacial score (nSPS) is 18.0. The van der Waals surface area contributed by atoms with Crippen LogP contribution >= 0.6 is 11.3 Å². The largest absolute Gasteiger partial charge is 0.497 e. The van der Waals surface area contributed by atoms with E-state index in [0.717, 1.165) is 33.0 Å². The molecule has 32 heavy (non-hydrogen) atoms. The first-order valence-corrected chi connectivity index (χ1v) is 11.4. The Kier molecular flexibility index (Phi) is 5.68. The zero-order chi connectivity index (χ0) is 21.9. The number of nitrogens with zero attached hydrogens (tertiary/aromatic N) is 3. The lowest BCUT2D eigenvalue weighted by atomic mass is 9.82. The van der Waals surface area contributed by atoms with Gasteiger partial charge in [0.05, 0.1) is 34.8 Å². The van der Waals surface area contributed by atoms with Gasteiger partial charge in [0, 0.05) is 11.5 Å². The number of aromatic nitrogens is 4. The van der Waals surface area contributed by atoms with Crippen LogP contribution in [0, 0.1) is 5.92 Å². The number of benzene rings is 2. The van der Waals surface area contributed by atoms with E-state index in [4.69, 9.17) is 9.72 Å². The summed E-state index contributed by atoms with van der Waals surface area (Å²) in [7, 11) is 1.63. The number of para-hydroxylation sites is 1. The first kappa shape index (κ1) is 20.4. The molecule has 0 fully saturated rings.